The molecule has 0 saturated heterocycles. The van der Waals surface area contributed by atoms with Crippen LogP contribution in [0.5, 0.6) is 11.5 Å². The van der Waals surface area contributed by atoms with E-state index in [2.05, 4.69) is 5.32 Å². The van der Waals surface area contributed by atoms with E-state index in [1.54, 1.807) is 30.3 Å². The van der Waals surface area contributed by atoms with Gasteiger partial charge in [-0.1, -0.05) is 12.1 Å². The second-order valence-corrected chi connectivity index (χ2v) is 5.39. The minimum Gasteiger partial charge on any atom is -0.490 e. The van der Waals surface area contributed by atoms with Gasteiger partial charge in [0.2, 0.25) is 5.91 Å². The summed E-state index contributed by atoms with van der Waals surface area (Å²) in [7, 11) is 0. The molecule has 2 aromatic carbocycles. The molecule has 1 heterocycles. The SMILES string of the molecule is O=C(/C=C/c1cccc([N+](=O)[O-])c1)Nc1ccc2c(c1)OCCCO2. The number of nitrogens with zero attached hydrogens (tertiary/aromatic N) is 1. The second-order valence-electron chi connectivity index (χ2n) is 5.39. The zero-order valence-electron chi connectivity index (χ0n) is 13.3. The number of ether oxygens (including phenoxy) is 2. The quantitative estimate of drug-likeness (QED) is 0.523. The van der Waals surface area contributed by atoms with Crippen molar-refractivity contribution >= 4 is 23.4 Å². The van der Waals surface area contributed by atoms with Gasteiger partial charge in [0.15, 0.2) is 11.5 Å². The number of nitro groups is 1. The molecule has 0 radical (unpaired) electrons. The van der Waals surface area contributed by atoms with Gasteiger partial charge in [0.05, 0.1) is 18.1 Å². The Labute approximate surface area is 144 Å². The number of hydrogen-bond donors (Lipinski definition) is 1. The van der Waals surface area contributed by atoms with E-state index in [0.29, 0.717) is 36.0 Å². The van der Waals surface area contributed by atoms with Gasteiger partial charge in [-0.15, -0.1) is 0 Å². The number of amides is 1. The van der Waals surface area contributed by atoms with Gasteiger partial charge in [-0.3, -0.25) is 14.9 Å². The number of carbonyl (C=O) groups is 1. The lowest BCUT2D eigenvalue weighted by atomic mass is 10.2. The molecule has 3 rings (SSSR count). The van der Waals surface area contributed by atoms with Crippen molar-refractivity contribution < 1.29 is 19.2 Å². The number of rotatable bonds is 4. The number of anilines is 1. The number of nitrogens with one attached hydrogen (secondary N) is 1. The zero-order valence-corrected chi connectivity index (χ0v) is 13.3. The molecule has 0 unspecified atom stereocenters. The lowest BCUT2D eigenvalue weighted by Crippen LogP contribution is -2.08. The van der Waals surface area contributed by atoms with Gasteiger partial charge in [-0.25, -0.2) is 0 Å². The van der Waals surface area contributed by atoms with Crippen molar-refractivity contribution in [3.8, 4) is 11.5 Å². The van der Waals surface area contributed by atoms with Crippen molar-refractivity contribution in [1.29, 1.82) is 0 Å². The van der Waals surface area contributed by atoms with Gasteiger partial charge in [-0.05, 0) is 23.8 Å². The maximum atomic E-state index is 12.0. The third-order valence-corrected chi connectivity index (χ3v) is 3.52. The number of hydrogen-bond acceptors (Lipinski definition) is 5. The summed E-state index contributed by atoms with van der Waals surface area (Å²) in [6.07, 6.45) is 3.65. The highest BCUT2D eigenvalue weighted by molar-refractivity contribution is 6.02. The summed E-state index contributed by atoms with van der Waals surface area (Å²) >= 11 is 0. The van der Waals surface area contributed by atoms with Crippen molar-refractivity contribution in [2.24, 2.45) is 0 Å². The van der Waals surface area contributed by atoms with Crippen LogP contribution in [-0.2, 0) is 4.79 Å². The molecule has 7 nitrogen and oxygen atoms in total. The van der Waals surface area contributed by atoms with Crippen LogP contribution in [0.3, 0.4) is 0 Å². The van der Waals surface area contributed by atoms with Crippen LogP contribution in [0.4, 0.5) is 11.4 Å². The van der Waals surface area contributed by atoms with Crippen LogP contribution in [0.15, 0.2) is 48.5 Å². The Morgan fingerprint density at radius 1 is 1.12 bits per heavy atom. The van der Waals surface area contributed by atoms with Crippen molar-refractivity contribution in [1.82, 2.24) is 0 Å². The normalized spacial score (nSPS) is 13.3. The Hall–Kier alpha value is -3.35. The first-order valence-electron chi connectivity index (χ1n) is 7.75. The summed E-state index contributed by atoms with van der Waals surface area (Å²) in [6.45, 7) is 1.17. The molecule has 25 heavy (non-hydrogen) atoms. The summed E-state index contributed by atoms with van der Waals surface area (Å²) in [5.74, 6) is 0.904. The Balaban J connectivity index is 1.67. The molecule has 1 aliphatic heterocycles. The molecule has 128 valence electrons. The van der Waals surface area contributed by atoms with E-state index in [9.17, 15) is 14.9 Å². The molecular weight excluding hydrogens is 324 g/mol. The molecule has 0 spiro atoms. The zero-order chi connectivity index (χ0) is 17.6. The summed E-state index contributed by atoms with van der Waals surface area (Å²) in [6, 6.07) is 11.2. The van der Waals surface area contributed by atoms with Crippen molar-refractivity contribution in [2.45, 2.75) is 6.42 Å². The first-order valence-corrected chi connectivity index (χ1v) is 7.75. The first-order chi connectivity index (χ1) is 12.1. The monoisotopic (exact) mass is 340 g/mol. The Kier molecular flexibility index (Phi) is 4.94. The minimum absolute atomic E-state index is 0.0227. The van der Waals surface area contributed by atoms with Gasteiger partial charge >= 0.3 is 0 Å². The number of fused-ring (bicyclic) bond motifs is 1. The summed E-state index contributed by atoms with van der Waals surface area (Å²) in [5, 5.41) is 13.5. The fraction of sp³-hybridized carbons (Fsp3) is 0.167. The number of nitro benzene ring substituents is 1. The molecule has 0 fully saturated rings. The topological polar surface area (TPSA) is 90.7 Å². The molecule has 0 bridgehead atoms. The molecule has 0 atom stereocenters. The van der Waals surface area contributed by atoms with Gasteiger partial charge in [0, 0.05) is 36.4 Å². The molecule has 0 aliphatic carbocycles. The average Bonchev–Trinajstić information content (AvgIpc) is 2.85. The van der Waals surface area contributed by atoms with E-state index in [1.807, 2.05) is 0 Å². The average molecular weight is 340 g/mol. The van der Waals surface area contributed by atoms with E-state index >= 15 is 0 Å². The van der Waals surface area contributed by atoms with Crippen LogP contribution < -0.4 is 14.8 Å². The number of benzene rings is 2. The smallest absolute Gasteiger partial charge is 0.270 e. The molecule has 1 amide bonds. The number of non-ortho nitro benzene ring substituents is 1. The lowest BCUT2D eigenvalue weighted by molar-refractivity contribution is -0.384. The summed E-state index contributed by atoms with van der Waals surface area (Å²) < 4.78 is 11.1. The van der Waals surface area contributed by atoms with E-state index in [4.69, 9.17) is 9.47 Å². The molecule has 0 saturated carbocycles. The van der Waals surface area contributed by atoms with Crippen LogP contribution in [0.1, 0.15) is 12.0 Å². The second kappa shape index (κ2) is 7.48. The van der Waals surface area contributed by atoms with E-state index in [0.717, 1.165) is 6.42 Å². The molecule has 0 aromatic heterocycles. The standard InChI is InChI=1S/C18H16N2O5/c21-18(8-5-13-3-1-4-15(11-13)20(22)23)19-14-6-7-16-17(12-14)25-10-2-9-24-16/h1,3-8,11-12H,2,9-10H2,(H,19,21)/b8-5+. The molecule has 1 N–H and O–H groups in total. The van der Waals surface area contributed by atoms with Crippen molar-refractivity contribution in [3.05, 3.63) is 64.2 Å². The lowest BCUT2D eigenvalue weighted by Gasteiger charge is -2.09. The highest BCUT2D eigenvalue weighted by Crippen LogP contribution is 2.32. The highest BCUT2D eigenvalue weighted by atomic mass is 16.6. The van der Waals surface area contributed by atoms with E-state index in [1.165, 1.54) is 24.3 Å². The fourth-order valence-corrected chi connectivity index (χ4v) is 2.34. The van der Waals surface area contributed by atoms with Gasteiger partial charge in [-0.2, -0.15) is 0 Å². The van der Waals surface area contributed by atoms with Crippen LogP contribution in [-0.4, -0.2) is 24.0 Å². The predicted molar refractivity (Wildman–Crippen MR) is 92.8 cm³/mol. The Morgan fingerprint density at radius 2 is 1.92 bits per heavy atom. The fourth-order valence-electron chi connectivity index (χ4n) is 2.34. The maximum Gasteiger partial charge on any atom is 0.270 e. The van der Waals surface area contributed by atoms with Gasteiger partial charge in [0.25, 0.3) is 5.69 Å². The predicted octanol–water partition coefficient (Wildman–Crippen LogP) is 3.41. The van der Waals surface area contributed by atoms with E-state index in [-0.39, 0.29) is 11.6 Å². The third-order valence-electron chi connectivity index (χ3n) is 3.52. The largest absolute Gasteiger partial charge is 0.490 e. The number of carbonyl (C=O) groups excluding carboxylic acids is 1. The Morgan fingerprint density at radius 3 is 2.72 bits per heavy atom. The molecule has 1 aliphatic rings. The molecule has 2 aromatic rings. The van der Waals surface area contributed by atoms with Crippen LogP contribution in [0.2, 0.25) is 0 Å². The van der Waals surface area contributed by atoms with Crippen LogP contribution in [0.25, 0.3) is 6.08 Å². The Bertz CT molecular complexity index is 832. The first kappa shape index (κ1) is 16.5. The van der Waals surface area contributed by atoms with Crippen LogP contribution in [0, 0.1) is 10.1 Å². The maximum absolute atomic E-state index is 12.0. The van der Waals surface area contributed by atoms with Crippen molar-refractivity contribution in [3.63, 3.8) is 0 Å². The van der Waals surface area contributed by atoms with Gasteiger partial charge in [0.1, 0.15) is 0 Å². The summed E-state index contributed by atoms with van der Waals surface area (Å²) in [5.41, 5.74) is 1.13. The van der Waals surface area contributed by atoms with Crippen molar-refractivity contribution in [2.75, 3.05) is 18.5 Å². The highest BCUT2D eigenvalue weighted by Gasteiger charge is 2.11. The van der Waals surface area contributed by atoms with Gasteiger partial charge < -0.3 is 14.8 Å². The third kappa shape index (κ3) is 4.35. The minimum atomic E-state index is -0.477. The van der Waals surface area contributed by atoms with Crippen LogP contribution >= 0.6 is 0 Å². The molecule has 7 heteroatoms. The molecular formula is C18H16N2O5. The summed E-state index contributed by atoms with van der Waals surface area (Å²) in [4.78, 5) is 22.3. The van der Waals surface area contributed by atoms with E-state index < -0.39 is 4.92 Å².